The largest absolute Gasteiger partial charge is 0.481 e. The Labute approximate surface area is 284 Å². The van der Waals surface area contributed by atoms with Crippen molar-refractivity contribution in [1.82, 2.24) is 5.32 Å². The highest BCUT2D eigenvalue weighted by Crippen LogP contribution is 2.15. The lowest BCUT2D eigenvalue weighted by Crippen LogP contribution is -2.41. The first-order chi connectivity index (χ1) is 22.3. The summed E-state index contributed by atoms with van der Waals surface area (Å²) >= 11 is 0. The van der Waals surface area contributed by atoms with E-state index in [1.165, 1.54) is 148 Å². The van der Waals surface area contributed by atoms with Crippen LogP contribution in [0.15, 0.2) is 0 Å². The Morgan fingerprint density at radius 3 is 1.13 bits per heavy atom. The maximum absolute atomic E-state index is 11.8. The summed E-state index contributed by atoms with van der Waals surface area (Å²) in [5.41, 5.74) is 0. The number of amides is 1. The van der Waals surface area contributed by atoms with E-state index in [1.807, 2.05) is 0 Å². The van der Waals surface area contributed by atoms with E-state index < -0.39 is 18.0 Å². The van der Waals surface area contributed by atoms with E-state index in [0.717, 1.165) is 32.1 Å². The zero-order valence-corrected chi connectivity index (χ0v) is 30.6. The Bertz CT molecular complexity index is 671. The lowest BCUT2D eigenvalue weighted by Gasteiger charge is -2.13. The summed E-state index contributed by atoms with van der Waals surface area (Å²) in [7, 11) is 0. The third-order valence-corrected chi connectivity index (χ3v) is 8.82. The number of carbonyl (C=O) groups excluding carboxylic acids is 1. The number of hydrogen-bond donors (Lipinski definition) is 4. The molecule has 0 aromatic carbocycles. The molecule has 0 saturated heterocycles. The summed E-state index contributed by atoms with van der Waals surface area (Å²) in [5.74, 6) is -2.55. The number of aliphatic carboxylic acids is 2. The summed E-state index contributed by atoms with van der Waals surface area (Å²) < 4.78 is 0. The number of aliphatic hydroxyl groups is 1. The fourth-order valence-corrected chi connectivity index (χ4v) is 5.74. The Hall–Kier alpha value is -1.63. The van der Waals surface area contributed by atoms with Crippen LogP contribution in [0.25, 0.3) is 0 Å². The molecule has 2 atom stereocenters. The van der Waals surface area contributed by atoms with Crippen LogP contribution in [0.3, 0.4) is 0 Å². The molecule has 0 rings (SSSR count). The van der Waals surface area contributed by atoms with Gasteiger partial charge in [-0.25, -0.2) is 4.79 Å². The van der Waals surface area contributed by atoms with E-state index in [9.17, 15) is 19.5 Å². The second-order valence-corrected chi connectivity index (χ2v) is 13.5. The standard InChI is InChI=1S/C23H43NO5.C16H34O/c1-2-3-4-5-6-7-8-9-10-11-12-13-14-15-16-17-21(25)24-20(23(28)29)18-19-22(26)27;1-3-5-7-9-10-11-13-15-16(17)14-12-8-6-4-2/h20H,2-19H2,1H3,(H,24,25)(H,26,27)(H,28,29);16-17H,3-15H2,1-2H3/t20-;/m0./s1. The maximum Gasteiger partial charge on any atom is 0.326 e. The van der Waals surface area contributed by atoms with E-state index in [4.69, 9.17) is 10.2 Å². The zero-order chi connectivity index (χ0) is 34.5. The number of hydrogen-bond acceptors (Lipinski definition) is 4. The van der Waals surface area contributed by atoms with Crippen molar-refractivity contribution in [2.75, 3.05) is 0 Å². The third kappa shape index (κ3) is 38.6. The van der Waals surface area contributed by atoms with Crippen LogP contribution in [0.5, 0.6) is 0 Å². The van der Waals surface area contributed by atoms with Crippen LogP contribution in [0.2, 0.25) is 0 Å². The van der Waals surface area contributed by atoms with Gasteiger partial charge < -0.3 is 20.6 Å². The molecule has 1 amide bonds. The summed E-state index contributed by atoms with van der Waals surface area (Å²) in [6.45, 7) is 6.74. The number of unbranched alkanes of at least 4 members (excludes halogenated alkanes) is 23. The molecule has 0 aromatic rings. The van der Waals surface area contributed by atoms with Gasteiger partial charge in [-0.3, -0.25) is 9.59 Å². The smallest absolute Gasteiger partial charge is 0.326 e. The number of aliphatic hydroxyl groups excluding tert-OH is 1. The molecule has 7 nitrogen and oxygen atoms in total. The molecule has 0 radical (unpaired) electrons. The van der Waals surface area contributed by atoms with Crippen molar-refractivity contribution in [2.45, 2.75) is 232 Å². The Morgan fingerprint density at radius 1 is 0.457 bits per heavy atom. The van der Waals surface area contributed by atoms with Gasteiger partial charge in [0.15, 0.2) is 0 Å². The van der Waals surface area contributed by atoms with Crippen molar-refractivity contribution in [3.8, 4) is 0 Å². The third-order valence-electron chi connectivity index (χ3n) is 8.82. The molecular weight excluding hydrogens is 578 g/mol. The minimum Gasteiger partial charge on any atom is -0.481 e. The van der Waals surface area contributed by atoms with Crippen molar-refractivity contribution >= 4 is 17.8 Å². The van der Waals surface area contributed by atoms with Crippen LogP contribution >= 0.6 is 0 Å². The SMILES string of the molecule is CCCCCCCCCC(O)CCCCCC.CCCCCCCCCCCCCCCCCC(=O)N[C@@H](CCC(=O)O)C(=O)O. The van der Waals surface area contributed by atoms with Gasteiger partial charge in [0.05, 0.1) is 6.10 Å². The highest BCUT2D eigenvalue weighted by atomic mass is 16.4. The minimum absolute atomic E-state index is 0.0255. The van der Waals surface area contributed by atoms with Gasteiger partial charge in [-0.15, -0.1) is 0 Å². The summed E-state index contributed by atoms with van der Waals surface area (Å²) in [6.07, 6.45) is 35.3. The predicted molar refractivity (Wildman–Crippen MR) is 193 cm³/mol. The number of nitrogens with one attached hydrogen (secondary N) is 1. The van der Waals surface area contributed by atoms with Crippen LogP contribution in [-0.2, 0) is 14.4 Å². The van der Waals surface area contributed by atoms with Crippen LogP contribution in [0, 0.1) is 0 Å². The monoisotopic (exact) mass is 656 g/mol. The van der Waals surface area contributed by atoms with Crippen LogP contribution in [0.4, 0.5) is 0 Å². The van der Waals surface area contributed by atoms with Crippen LogP contribution in [-0.4, -0.2) is 45.3 Å². The van der Waals surface area contributed by atoms with Crippen molar-refractivity contribution in [1.29, 1.82) is 0 Å². The maximum atomic E-state index is 11.8. The number of rotatable bonds is 34. The number of carbonyl (C=O) groups is 3. The first kappa shape index (κ1) is 46.5. The van der Waals surface area contributed by atoms with Crippen molar-refractivity contribution in [3.63, 3.8) is 0 Å². The molecule has 0 aliphatic heterocycles. The summed E-state index contributed by atoms with van der Waals surface area (Å²) in [4.78, 5) is 33.4. The van der Waals surface area contributed by atoms with Gasteiger partial charge in [-0.2, -0.15) is 0 Å². The Balaban J connectivity index is 0. The first-order valence-corrected chi connectivity index (χ1v) is 19.7. The van der Waals surface area contributed by atoms with Crippen molar-refractivity contribution < 1.29 is 29.7 Å². The average molecular weight is 656 g/mol. The van der Waals surface area contributed by atoms with E-state index >= 15 is 0 Å². The second kappa shape index (κ2) is 37.8. The van der Waals surface area contributed by atoms with E-state index in [1.54, 1.807) is 0 Å². The molecule has 0 heterocycles. The lowest BCUT2D eigenvalue weighted by molar-refractivity contribution is -0.143. The van der Waals surface area contributed by atoms with Crippen LogP contribution < -0.4 is 5.32 Å². The molecular formula is C39H77NO6. The van der Waals surface area contributed by atoms with Crippen molar-refractivity contribution in [2.24, 2.45) is 0 Å². The first-order valence-electron chi connectivity index (χ1n) is 19.7. The molecule has 7 heteroatoms. The van der Waals surface area contributed by atoms with Crippen molar-refractivity contribution in [3.05, 3.63) is 0 Å². The molecule has 0 aromatic heterocycles. The van der Waals surface area contributed by atoms with Gasteiger partial charge in [-0.1, -0.05) is 181 Å². The molecule has 0 bridgehead atoms. The average Bonchev–Trinajstić information content (AvgIpc) is 3.02. The number of carboxylic acids is 2. The highest BCUT2D eigenvalue weighted by Gasteiger charge is 2.20. The molecule has 274 valence electrons. The van der Waals surface area contributed by atoms with E-state index in [0.29, 0.717) is 6.42 Å². The molecule has 0 saturated carbocycles. The van der Waals surface area contributed by atoms with E-state index in [2.05, 4.69) is 26.1 Å². The quantitative estimate of drug-likeness (QED) is 0.0511. The van der Waals surface area contributed by atoms with Gasteiger partial charge in [-0.05, 0) is 25.7 Å². The van der Waals surface area contributed by atoms with Gasteiger partial charge >= 0.3 is 11.9 Å². The fourth-order valence-electron chi connectivity index (χ4n) is 5.74. The number of carboxylic acid groups (broad SMARTS) is 2. The molecule has 0 aliphatic rings. The minimum atomic E-state index is -1.18. The summed E-state index contributed by atoms with van der Waals surface area (Å²) in [5, 5.41) is 29.9. The van der Waals surface area contributed by atoms with Gasteiger partial charge in [0.2, 0.25) is 5.91 Å². The Kier molecular flexibility index (Phi) is 38.2. The Morgan fingerprint density at radius 2 is 0.783 bits per heavy atom. The highest BCUT2D eigenvalue weighted by molar-refractivity contribution is 5.83. The molecule has 0 fully saturated rings. The lowest BCUT2D eigenvalue weighted by atomic mass is 10.0. The molecule has 1 unspecified atom stereocenters. The second-order valence-electron chi connectivity index (χ2n) is 13.5. The van der Waals surface area contributed by atoms with Gasteiger partial charge in [0.25, 0.3) is 0 Å². The molecule has 46 heavy (non-hydrogen) atoms. The molecule has 4 N–H and O–H groups in total. The zero-order valence-electron chi connectivity index (χ0n) is 30.6. The fraction of sp³-hybridized carbons (Fsp3) is 0.923. The molecule has 0 aliphatic carbocycles. The predicted octanol–water partition coefficient (Wildman–Crippen LogP) is 11.1. The van der Waals surface area contributed by atoms with Gasteiger partial charge in [0.1, 0.15) is 6.04 Å². The van der Waals surface area contributed by atoms with Gasteiger partial charge in [0, 0.05) is 12.8 Å². The van der Waals surface area contributed by atoms with Crippen LogP contribution in [0.1, 0.15) is 220 Å². The summed E-state index contributed by atoms with van der Waals surface area (Å²) in [6, 6.07) is -1.12. The van der Waals surface area contributed by atoms with E-state index in [-0.39, 0.29) is 24.9 Å². The normalized spacial score (nSPS) is 12.3. The topological polar surface area (TPSA) is 124 Å². The molecule has 0 spiro atoms.